The molecule has 1 amide bonds. The summed E-state index contributed by atoms with van der Waals surface area (Å²) < 4.78 is 4.84. The predicted molar refractivity (Wildman–Crippen MR) is 104 cm³/mol. The largest absolute Gasteiger partial charge is 0.453 e. The molecule has 3 rings (SSSR count). The van der Waals surface area contributed by atoms with E-state index in [9.17, 15) is 4.79 Å². The fourth-order valence-corrected chi connectivity index (χ4v) is 3.92. The van der Waals surface area contributed by atoms with Gasteiger partial charge in [0.1, 0.15) is 0 Å². The number of hydrogen-bond acceptors (Lipinski definition) is 3. The van der Waals surface area contributed by atoms with Crippen LogP contribution in [-0.2, 0) is 10.2 Å². The van der Waals surface area contributed by atoms with E-state index in [0.29, 0.717) is 6.54 Å². The second-order valence-corrected chi connectivity index (χ2v) is 7.00. The third kappa shape index (κ3) is 4.25. The smallest absolute Gasteiger partial charge is 0.406 e. The highest BCUT2D eigenvalue weighted by atomic mass is 16.5. The highest BCUT2D eigenvalue weighted by Gasteiger charge is 2.37. The Hall–Kier alpha value is -2.33. The third-order valence-corrected chi connectivity index (χ3v) is 5.31. The second-order valence-electron chi connectivity index (χ2n) is 7.00. The number of hydrogen-bond donors (Lipinski definition) is 1. The SMILES string of the molecule is COC(=O)NCC(CN1CCCCC1)(c1ccccc1)c1ccccc1. The van der Waals surface area contributed by atoms with Crippen molar-refractivity contribution in [3.8, 4) is 0 Å². The van der Waals surface area contributed by atoms with Crippen LogP contribution in [-0.4, -0.2) is 44.3 Å². The lowest BCUT2D eigenvalue weighted by Gasteiger charge is -2.41. The van der Waals surface area contributed by atoms with E-state index >= 15 is 0 Å². The minimum absolute atomic E-state index is 0.311. The monoisotopic (exact) mass is 352 g/mol. The van der Waals surface area contributed by atoms with Gasteiger partial charge in [-0.3, -0.25) is 0 Å². The molecule has 0 bridgehead atoms. The van der Waals surface area contributed by atoms with Crippen molar-refractivity contribution in [1.29, 1.82) is 0 Å². The first-order chi connectivity index (χ1) is 12.7. The molecule has 0 aliphatic carbocycles. The Bertz CT molecular complexity index is 642. The van der Waals surface area contributed by atoms with Gasteiger partial charge in [-0.05, 0) is 37.1 Å². The first-order valence-electron chi connectivity index (χ1n) is 9.40. The van der Waals surface area contributed by atoms with Crippen LogP contribution in [0.1, 0.15) is 30.4 Å². The molecule has 2 aromatic carbocycles. The van der Waals surface area contributed by atoms with Gasteiger partial charge in [0.15, 0.2) is 0 Å². The van der Waals surface area contributed by atoms with E-state index in [1.165, 1.54) is 37.5 Å². The van der Waals surface area contributed by atoms with Crippen LogP contribution >= 0.6 is 0 Å². The summed E-state index contributed by atoms with van der Waals surface area (Å²) in [5.74, 6) is 0. The van der Waals surface area contributed by atoms with E-state index in [1.54, 1.807) is 0 Å². The van der Waals surface area contributed by atoms with Crippen LogP contribution in [0, 0.1) is 0 Å². The quantitative estimate of drug-likeness (QED) is 0.859. The zero-order valence-electron chi connectivity index (χ0n) is 15.5. The number of methoxy groups -OCH3 is 1. The molecule has 2 aromatic rings. The first kappa shape index (κ1) is 18.5. The second kappa shape index (κ2) is 8.86. The maximum atomic E-state index is 11.9. The topological polar surface area (TPSA) is 41.6 Å². The fraction of sp³-hybridized carbons (Fsp3) is 0.409. The van der Waals surface area contributed by atoms with Crippen molar-refractivity contribution in [2.45, 2.75) is 24.7 Å². The Morgan fingerprint density at radius 1 is 0.962 bits per heavy atom. The van der Waals surface area contributed by atoms with E-state index in [0.717, 1.165) is 19.6 Å². The lowest BCUT2D eigenvalue weighted by molar-refractivity contribution is 0.160. The summed E-state index contributed by atoms with van der Waals surface area (Å²) in [4.78, 5) is 14.4. The molecule has 0 saturated carbocycles. The van der Waals surface area contributed by atoms with Gasteiger partial charge in [-0.1, -0.05) is 67.1 Å². The zero-order valence-corrected chi connectivity index (χ0v) is 15.5. The van der Waals surface area contributed by atoms with Gasteiger partial charge in [-0.15, -0.1) is 0 Å². The molecule has 138 valence electrons. The number of carbonyl (C=O) groups excluding carboxylic acids is 1. The Labute approximate surface area is 156 Å². The molecule has 1 fully saturated rings. The summed E-state index contributed by atoms with van der Waals surface area (Å²) in [6.45, 7) is 3.61. The van der Waals surface area contributed by atoms with Crippen LogP contribution in [0.2, 0.25) is 0 Å². The number of carbonyl (C=O) groups is 1. The predicted octanol–water partition coefficient (Wildman–Crippen LogP) is 3.81. The minimum Gasteiger partial charge on any atom is -0.453 e. The molecule has 1 N–H and O–H groups in total. The van der Waals surface area contributed by atoms with Crippen LogP contribution in [0.4, 0.5) is 4.79 Å². The van der Waals surface area contributed by atoms with Crippen molar-refractivity contribution >= 4 is 6.09 Å². The van der Waals surface area contributed by atoms with Gasteiger partial charge in [-0.2, -0.15) is 0 Å². The Kier molecular flexibility index (Phi) is 6.29. The average Bonchev–Trinajstić information content (AvgIpc) is 2.73. The number of piperidine rings is 1. The molecule has 4 nitrogen and oxygen atoms in total. The van der Waals surface area contributed by atoms with Crippen molar-refractivity contribution < 1.29 is 9.53 Å². The number of rotatable bonds is 6. The van der Waals surface area contributed by atoms with Crippen molar-refractivity contribution in [3.05, 3.63) is 71.8 Å². The molecule has 0 unspecified atom stereocenters. The summed E-state index contributed by atoms with van der Waals surface area (Å²) in [5.41, 5.74) is 2.12. The number of amides is 1. The molecular weight excluding hydrogens is 324 g/mol. The van der Waals surface area contributed by atoms with Crippen molar-refractivity contribution in [2.75, 3.05) is 33.3 Å². The van der Waals surface area contributed by atoms with Crippen LogP contribution in [0.3, 0.4) is 0 Å². The third-order valence-electron chi connectivity index (χ3n) is 5.31. The van der Waals surface area contributed by atoms with Gasteiger partial charge in [-0.25, -0.2) is 4.79 Å². The molecule has 4 heteroatoms. The van der Waals surface area contributed by atoms with Crippen LogP contribution in [0.15, 0.2) is 60.7 Å². The number of benzene rings is 2. The molecule has 1 aliphatic rings. The number of nitrogens with one attached hydrogen (secondary N) is 1. The van der Waals surface area contributed by atoms with Crippen molar-refractivity contribution in [1.82, 2.24) is 10.2 Å². The highest BCUT2D eigenvalue weighted by Crippen LogP contribution is 2.34. The molecule has 0 aromatic heterocycles. The van der Waals surface area contributed by atoms with E-state index in [1.807, 2.05) is 12.1 Å². The number of nitrogens with zero attached hydrogens (tertiary/aromatic N) is 1. The highest BCUT2D eigenvalue weighted by molar-refractivity contribution is 5.67. The van der Waals surface area contributed by atoms with E-state index in [-0.39, 0.29) is 11.5 Å². The van der Waals surface area contributed by atoms with Crippen LogP contribution < -0.4 is 5.32 Å². The van der Waals surface area contributed by atoms with Gasteiger partial charge in [0, 0.05) is 13.1 Å². The van der Waals surface area contributed by atoms with Crippen molar-refractivity contribution in [2.24, 2.45) is 0 Å². The molecule has 0 spiro atoms. The summed E-state index contributed by atoms with van der Waals surface area (Å²) in [6.07, 6.45) is 3.40. The standard InChI is InChI=1S/C22H28N2O2/c1-26-21(25)23-17-22(19-11-5-2-6-12-19,20-13-7-3-8-14-20)18-24-15-9-4-10-16-24/h2-3,5-8,11-14H,4,9-10,15-18H2,1H3,(H,23,25). The lowest BCUT2D eigenvalue weighted by Crippen LogP contribution is -2.50. The van der Waals surface area contributed by atoms with Crippen LogP contribution in [0.25, 0.3) is 0 Å². The first-order valence-corrected chi connectivity index (χ1v) is 9.40. The molecule has 26 heavy (non-hydrogen) atoms. The Morgan fingerprint density at radius 2 is 1.50 bits per heavy atom. The number of ether oxygens (including phenoxy) is 1. The number of alkyl carbamates (subject to hydrolysis) is 1. The van der Waals surface area contributed by atoms with Gasteiger partial charge in [0.05, 0.1) is 12.5 Å². The van der Waals surface area contributed by atoms with E-state index < -0.39 is 0 Å². The maximum absolute atomic E-state index is 11.9. The molecule has 1 aliphatic heterocycles. The Balaban J connectivity index is 2.01. The minimum atomic E-state index is -0.389. The lowest BCUT2D eigenvalue weighted by atomic mass is 9.73. The normalized spacial score (nSPS) is 15.4. The maximum Gasteiger partial charge on any atom is 0.406 e. The molecular formula is C22H28N2O2. The molecule has 0 atom stereocenters. The van der Waals surface area contributed by atoms with Crippen molar-refractivity contribution in [3.63, 3.8) is 0 Å². The molecule has 1 saturated heterocycles. The van der Waals surface area contributed by atoms with E-state index in [2.05, 4.69) is 58.7 Å². The molecule has 1 heterocycles. The zero-order chi connectivity index (χ0) is 18.2. The summed E-state index contributed by atoms with van der Waals surface area (Å²) in [7, 11) is 1.41. The molecule has 0 radical (unpaired) electrons. The van der Waals surface area contributed by atoms with Gasteiger partial charge in [0.25, 0.3) is 0 Å². The summed E-state index contributed by atoms with van der Waals surface area (Å²) in [6, 6.07) is 21.0. The fourth-order valence-electron chi connectivity index (χ4n) is 3.92. The number of likely N-dealkylation sites (tertiary alicyclic amines) is 1. The van der Waals surface area contributed by atoms with E-state index in [4.69, 9.17) is 4.74 Å². The van der Waals surface area contributed by atoms with Crippen LogP contribution in [0.5, 0.6) is 0 Å². The van der Waals surface area contributed by atoms with Gasteiger partial charge < -0.3 is 15.0 Å². The summed E-state index contributed by atoms with van der Waals surface area (Å²) >= 11 is 0. The van der Waals surface area contributed by atoms with Gasteiger partial charge in [0.2, 0.25) is 0 Å². The Morgan fingerprint density at radius 3 is 2.00 bits per heavy atom. The average molecular weight is 352 g/mol. The van der Waals surface area contributed by atoms with Gasteiger partial charge >= 0.3 is 6.09 Å². The summed E-state index contributed by atoms with van der Waals surface area (Å²) in [5, 5.41) is 2.97.